The van der Waals surface area contributed by atoms with Gasteiger partial charge in [-0.05, 0) is 52.0 Å². The topological polar surface area (TPSA) is 55.4 Å². The summed E-state index contributed by atoms with van der Waals surface area (Å²) in [5.74, 6) is -0.161. The molecule has 26 heavy (non-hydrogen) atoms. The zero-order valence-corrected chi connectivity index (χ0v) is 17.8. The number of ether oxygens (including phenoxy) is 1. The number of hydrogen-bond donors (Lipinski definition) is 1. The van der Waals surface area contributed by atoms with E-state index in [2.05, 4.69) is 39.1 Å². The fourth-order valence-electron chi connectivity index (χ4n) is 2.67. The molecule has 1 aromatic rings. The molecule has 0 radical (unpaired) electrons. The summed E-state index contributed by atoms with van der Waals surface area (Å²) in [5, 5.41) is 3.56. The van der Waals surface area contributed by atoms with Gasteiger partial charge in [-0.1, -0.05) is 38.8 Å². The number of allylic oxidation sites excluding steroid dienone is 2. The summed E-state index contributed by atoms with van der Waals surface area (Å²) >= 11 is 1.49. The van der Waals surface area contributed by atoms with Gasteiger partial charge in [0.1, 0.15) is 5.00 Å². The fourth-order valence-corrected chi connectivity index (χ4v) is 3.81. The summed E-state index contributed by atoms with van der Waals surface area (Å²) in [6.45, 7) is 12.4. The van der Waals surface area contributed by atoms with Crippen molar-refractivity contribution < 1.29 is 14.3 Å². The minimum Gasteiger partial charge on any atom is -0.462 e. The number of thiophene rings is 1. The van der Waals surface area contributed by atoms with Gasteiger partial charge in [-0.3, -0.25) is 4.79 Å². The summed E-state index contributed by atoms with van der Waals surface area (Å²) in [6, 6.07) is 1.88. The molecule has 0 saturated carbocycles. The van der Waals surface area contributed by atoms with Crippen LogP contribution in [0.25, 0.3) is 0 Å². The average Bonchev–Trinajstić information content (AvgIpc) is 2.98. The Labute approximate surface area is 162 Å². The molecule has 0 aliphatic rings. The van der Waals surface area contributed by atoms with Crippen molar-refractivity contribution in [3.05, 3.63) is 28.2 Å². The summed E-state index contributed by atoms with van der Waals surface area (Å²) in [5.41, 5.74) is 1.78. The van der Waals surface area contributed by atoms with Crippen LogP contribution in [-0.2, 0) is 9.53 Å². The van der Waals surface area contributed by atoms with Crippen LogP contribution in [0.3, 0.4) is 0 Å². The predicted octanol–water partition coefficient (Wildman–Crippen LogP) is 6.15. The van der Waals surface area contributed by atoms with Crippen molar-refractivity contribution in [1.82, 2.24) is 0 Å². The lowest BCUT2D eigenvalue weighted by Crippen LogP contribution is -2.21. The molecule has 146 valence electrons. The van der Waals surface area contributed by atoms with Gasteiger partial charge in [0.15, 0.2) is 0 Å². The van der Waals surface area contributed by atoms with Crippen molar-refractivity contribution in [2.75, 3.05) is 11.9 Å². The summed E-state index contributed by atoms with van der Waals surface area (Å²) in [6.07, 6.45) is 6.03. The van der Waals surface area contributed by atoms with Gasteiger partial charge in [0.05, 0.1) is 12.2 Å². The van der Waals surface area contributed by atoms with Crippen LogP contribution < -0.4 is 5.32 Å². The molecule has 5 heteroatoms. The predicted molar refractivity (Wildman–Crippen MR) is 110 cm³/mol. The van der Waals surface area contributed by atoms with Gasteiger partial charge in [0.2, 0.25) is 5.91 Å². The van der Waals surface area contributed by atoms with Gasteiger partial charge in [0, 0.05) is 10.8 Å². The van der Waals surface area contributed by atoms with Gasteiger partial charge in [-0.15, -0.1) is 11.3 Å². The summed E-state index contributed by atoms with van der Waals surface area (Å²) in [7, 11) is 0. The Morgan fingerprint density at radius 3 is 2.50 bits per heavy atom. The number of hydrogen-bond acceptors (Lipinski definition) is 4. The molecule has 0 aromatic carbocycles. The van der Waals surface area contributed by atoms with Crippen LogP contribution in [0.2, 0.25) is 0 Å². The highest BCUT2D eigenvalue weighted by atomic mass is 32.1. The van der Waals surface area contributed by atoms with Crippen LogP contribution in [0, 0.1) is 5.92 Å². The molecule has 0 saturated heterocycles. The van der Waals surface area contributed by atoms with Gasteiger partial charge in [-0.25, -0.2) is 4.79 Å². The molecular weight excluding hydrogens is 346 g/mol. The highest BCUT2D eigenvalue weighted by molar-refractivity contribution is 7.16. The van der Waals surface area contributed by atoms with Crippen LogP contribution in [-0.4, -0.2) is 18.5 Å². The maximum absolute atomic E-state index is 12.4. The lowest BCUT2D eigenvalue weighted by atomic mass is 10.0. The molecule has 0 unspecified atom stereocenters. The summed E-state index contributed by atoms with van der Waals surface area (Å²) < 4.78 is 5.17. The van der Waals surface area contributed by atoms with Crippen molar-refractivity contribution >= 4 is 28.2 Å². The Hall–Kier alpha value is -1.62. The molecule has 2 atom stereocenters. The van der Waals surface area contributed by atoms with Crippen LogP contribution in [0.5, 0.6) is 0 Å². The SMILES string of the molecule is CCC[C@H](C)C(=O)Nc1sc([C@@H](C)CCC=C(C)C)cc1C(=O)OCC. The van der Waals surface area contributed by atoms with E-state index in [0.717, 1.165) is 30.6 Å². The van der Waals surface area contributed by atoms with E-state index < -0.39 is 0 Å². The Kier molecular flexibility index (Phi) is 9.63. The van der Waals surface area contributed by atoms with Crippen molar-refractivity contribution in [3.8, 4) is 0 Å². The Balaban J connectivity index is 2.99. The molecule has 1 heterocycles. The zero-order chi connectivity index (χ0) is 19.7. The fraction of sp³-hybridized carbons (Fsp3) is 0.619. The van der Waals surface area contributed by atoms with Crippen LogP contribution in [0.4, 0.5) is 5.00 Å². The molecule has 0 bridgehead atoms. The third-order valence-corrected chi connectivity index (χ3v) is 5.57. The smallest absolute Gasteiger partial charge is 0.341 e. The number of esters is 1. The van der Waals surface area contributed by atoms with Crippen LogP contribution in [0.1, 0.15) is 88.4 Å². The minimum absolute atomic E-state index is 0.0389. The first-order chi connectivity index (χ1) is 12.3. The molecule has 4 nitrogen and oxygen atoms in total. The van der Waals surface area contributed by atoms with Gasteiger partial charge >= 0.3 is 5.97 Å². The number of carbonyl (C=O) groups excluding carboxylic acids is 2. The van der Waals surface area contributed by atoms with E-state index in [1.807, 2.05) is 13.0 Å². The molecular formula is C21H33NO3S. The Bertz CT molecular complexity index is 629. The zero-order valence-electron chi connectivity index (χ0n) is 17.0. The lowest BCUT2D eigenvalue weighted by molar-refractivity contribution is -0.119. The molecule has 0 spiro atoms. The molecule has 1 aromatic heterocycles. The second-order valence-electron chi connectivity index (χ2n) is 7.05. The van der Waals surface area contributed by atoms with Crippen molar-refractivity contribution in [2.24, 2.45) is 5.92 Å². The number of carbonyl (C=O) groups is 2. The second-order valence-corrected chi connectivity index (χ2v) is 8.13. The Morgan fingerprint density at radius 2 is 1.92 bits per heavy atom. The number of amides is 1. The van der Waals surface area contributed by atoms with Crippen LogP contribution >= 0.6 is 11.3 Å². The number of anilines is 1. The standard InChI is InChI=1S/C21H33NO3S/c1-7-10-16(6)19(23)22-20-17(21(24)25-8-2)13-18(26-20)15(5)12-9-11-14(3)4/h11,13,15-16H,7-10,12H2,1-6H3,(H,22,23)/t15-,16-/m0/s1. The van der Waals surface area contributed by atoms with Crippen molar-refractivity contribution in [3.63, 3.8) is 0 Å². The molecule has 1 rings (SSSR count). The number of nitrogens with one attached hydrogen (secondary N) is 1. The molecule has 0 fully saturated rings. The van der Waals surface area contributed by atoms with E-state index in [1.165, 1.54) is 16.9 Å². The normalized spacial score (nSPS) is 13.0. The van der Waals surface area contributed by atoms with Gasteiger partial charge < -0.3 is 10.1 Å². The molecule has 0 aliphatic carbocycles. The lowest BCUT2D eigenvalue weighted by Gasteiger charge is -2.11. The van der Waals surface area contributed by atoms with Crippen molar-refractivity contribution in [1.29, 1.82) is 0 Å². The third-order valence-electron chi connectivity index (χ3n) is 4.29. The van der Waals surface area contributed by atoms with E-state index in [9.17, 15) is 9.59 Å². The van der Waals surface area contributed by atoms with Gasteiger partial charge in [0.25, 0.3) is 0 Å². The van der Waals surface area contributed by atoms with E-state index in [1.54, 1.807) is 6.92 Å². The van der Waals surface area contributed by atoms with Crippen LogP contribution in [0.15, 0.2) is 17.7 Å². The van der Waals surface area contributed by atoms with Gasteiger partial charge in [-0.2, -0.15) is 0 Å². The van der Waals surface area contributed by atoms with E-state index in [4.69, 9.17) is 4.74 Å². The maximum atomic E-state index is 12.4. The third kappa shape index (κ3) is 6.94. The highest BCUT2D eigenvalue weighted by Crippen LogP contribution is 2.36. The monoisotopic (exact) mass is 379 g/mol. The first kappa shape index (κ1) is 22.4. The second kappa shape index (κ2) is 11.2. The highest BCUT2D eigenvalue weighted by Gasteiger charge is 2.22. The van der Waals surface area contributed by atoms with E-state index in [-0.39, 0.29) is 17.8 Å². The van der Waals surface area contributed by atoms with Crippen molar-refractivity contribution in [2.45, 2.75) is 73.1 Å². The summed E-state index contributed by atoms with van der Waals surface area (Å²) in [4.78, 5) is 25.8. The Morgan fingerprint density at radius 1 is 1.23 bits per heavy atom. The maximum Gasteiger partial charge on any atom is 0.341 e. The first-order valence-electron chi connectivity index (χ1n) is 9.55. The first-order valence-corrected chi connectivity index (χ1v) is 10.4. The average molecular weight is 380 g/mol. The quantitative estimate of drug-likeness (QED) is 0.392. The minimum atomic E-state index is -0.370. The van der Waals surface area contributed by atoms with E-state index >= 15 is 0 Å². The number of rotatable bonds is 10. The van der Waals surface area contributed by atoms with E-state index in [0.29, 0.717) is 23.1 Å². The molecule has 1 amide bonds. The molecule has 0 aliphatic heterocycles. The largest absolute Gasteiger partial charge is 0.462 e. The molecule has 1 N–H and O–H groups in total.